The molecule has 6 spiro atoms. The fourth-order valence-corrected chi connectivity index (χ4v) is 18.8. The van der Waals surface area contributed by atoms with Gasteiger partial charge in [0.05, 0.1) is 32.5 Å². The minimum atomic E-state index is -0.150. The van der Waals surface area contributed by atoms with Gasteiger partial charge >= 0.3 is 0 Å². The lowest BCUT2D eigenvalue weighted by molar-refractivity contribution is -0.334. The lowest BCUT2D eigenvalue weighted by Crippen LogP contribution is -2.85. The topological polar surface area (TPSA) is 93.6 Å². The molecule has 0 aromatic heterocycles. The van der Waals surface area contributed by atoms with Gasteiger partial charge < -0.3 is 0 Å². The van der Waals surface area contributed by atoms with Crippen molar-refractivity contribution in [2.24, 2.45) is 63.1 Å². The molecule has 0 aromatic carbocycles. The fourth-order valence-electron chi connectivity index (χ4n) is 18.8. The zero-order valence-electron chi connectivity index (χ0n) is 39.1. The molecular formula is C48H72N12. The molecule has 8 fully saturated rings. The summed E-state index contributed by atoms with van der Waals surface area (Å²) in [5.41, 5.74) is 7.28. The normalized spacial score (nSPS) is 55.0. The predicted octanol–water partition coefficient (Wildman–Crippen LogP) is 9.47. The van der Waals surface area contributed by atoms with Gasteiger partial charge in [0, 0.05) is 34.3 Å². The van der Waals surface area contributed by atoms with Gasteiger partial charge in [0.1, 0.15) is 0 Å². The van der Waals surface area contributed by atoms with Crippen molar-refractivity contribution in [2.75, 3.05) is 0 Å². The Labute approximate surface area is 359 Å². The van der Waals surface area contributed by atoms with Crippen LogP contribution in [0.3, 0.4) is 0 Å². The number of hydrogen-bond donors (Lipinski definition) is 0. The van der Waals surface area contributed by atoms with Crippen molar-refractivity contribution < 1.29 is 0 Å². The molecule has 0 bridgehead atoms. The first-order valence-electron chi connectivity index (χ1n) is 24.5. The number of nitrogens with zero attached hydrogens (tertiary/aromatic N) is 12. The molecule has 60 heavy (non-hydrogen) atoms. The summed E-state index contributed by atoms with van der Waals surface area (Å²) in [6.07, 6.45) is 21.7. The lowest BCUT2D eigenvalue weighted by atomic mass is 9.66. The SMILES string of the molecule is CC1=NN2C3(CCC[C@@]13C)N1N=C(C)[C@@]3(C)CCCC13N1N=C(C)[C@@]3(C)CCCC213.CC1=NN2C34CCC[C@@]3(C)C(C)=NN4C34CCC[C@]3(C)C(C)=NN4C23CCC[C@@]13C. The highest BCUT2D eigenvalue weighted by Crippen LogP contribution is 2.78. The van der Waals surface area contributed by atoms with Gasteiger partial charge in [0.25, 0.3) is 0 Å². The third-order valence-electron chi connectivity index (χ3n) is 23.0. The quantitative estimate of drug-likeness (QED) is 0.242. The highest BCUT2D eigenvalue weighted by atomic mass is 15.9. The zero-order valence-corrected chi connectivity index (χ0v) is 39.1. The van der Waals surface area contributed by atoms with Gasteiger partial charge in [-0.2, -0.15) is 30.6 Å². The number of hydrazone groups is 6. The Morgan fingerprint density at radius 2 is 0.383 bits per heavy atom. The molecule has 0 aromatic rings. The highest BCUT2D eigenvalue weighted by Gasteiger charge is 2.88. The summed E-state index contributed by atoms with van der Waals surface area (Å²) < 4.78 is 0. The van der Waals surface area contributed by atoms with E-state index in [1.807, 2.05) is 0 Å². The van der Waals surface area contributed by atoms with E-state index in [4.69, 9.17) is 30.6 Å². The summed E-state index contributed by atoms with van der Waals surface area (Å²) in [4.78, 5) is 0. The summed E-state index contributed by atoms with van der Waals surface area (Å²) in [5.74, 6) is 0. The van der Waals surface area contributed by atoms with Crippen LogP contribution >= 0.6 is 0 Å². The van der Waals surface area contributed by atoms with Gasteiger partial charge in [0.15, 0.2) is 34.0 Å². The molecular weight excluding hydrogens is 745 g/mol. The summed E-state index contributed by atoms with van der Waals surface area (Å²) in [6.45, 7) is 28.7. The molecule has 12 nitrogen and oxygen atoms in total. The molecule has 14 rings (SSSR count). The van der Waals surface area contributed by atoms with E-state index in [1.165, 1.54) is 111 Å². The van der Waals surface area contributed by atoms with E-state index in [9.17, 15) is 0 Å². The van der Waals surface area contributed by atoms with Crippen molar-refractivity contribution >= 4 is 34.3 Å². The maximum absolute atomic E-state index is 5.46. The highest BCUT2D eigenvalue weighted by molar-refractivity contribution is 5.97. The van der Waals surface area contributed by atoms with E-state index in [-0.39, 0.29) is 66.5 Å². The van der Waals surface area contributed by atoms with Crippen LogP contribution in [0.25, 0.3) is 0 Å². The van der Waals surface area contributed by atoms with Crippen LogP contribution in [0.2, 0.25) is 0 Å². The third kappa shape index (κ3) is 2.98. The van der Waals surface area contributed by atoms with Gasteiger partial charge in [-0.25, -0.2) is 30.1 Å². The summed E-state index contributed by atoms with van der Waals surface area (Å²) in [6, 6.07) is 0. The van der Waals surface area contributed by atoms with E-state index in [0.29, 0.717) is 0 Å². The van der Waals surface area contributed by atoms with E-state index in [1.54, 1.807) is 0 Å². The van der Waals surface area contributed by atoms with E-state index in [0.717, 1.165) is 38.5 Å². The molecule has 6 unspecified atom stereocenters. The molecule has 12 heteroatoms. The maximum atomic E-state index is 5.46. The van der Waals surface area contributed by atoms with Gasteiger partial charge in [-0.15, -0.1) is 0 Å². The van der Waals surface area contributed by atoms with E-state index in [2.05, 4.69) is 113 Å². The molecule has 0 radical (unpaired) electrons. The van der Waals surface area contributed by atoms with Crippen molar-refractivity contribution in [2.45, 2.75) is 233 Å². The second-order valence-corrected chi connectivity index (χ2v) is 24.0. The Morgan fingerprint density at radius 1 is 0.250 bits per heavy atom. The van der Waals surface area contributed by atoms with Crippen LogP contribution in [0.1, 0.15) is 199 Å². The average Bonchev–Trinajstić information content (AvgIpc) is 4.09. The molecule has 6 saturated carbocycles. The lowest BCUT2D eigenvalue weighted by Gasteiger charge is -2.70. The molecule has 2 saturated heterocycles. The van der Waals surface area contributed by atoms with Crippen LogP contribution in [0.4, 0.5) is 0 Å². The largest absolute Gasteiger partial charge is 0.242 e. The molecule has 12 atom stereocenters. The Balaban J connectivity index is 0.000000123. The van der Waals surface area contributed by atoms with Crippen molar-refractivity contribution in [1.29, 1.82) is 0 Å². The standard InChI is InChI=1S/2C24H36N6/c2*1-16-19(4)10-7-13-22(19)28(25-16)23-14-8-11-20(23,5)17(2)27-30(23)24-15-9-12-21(24,6)18(3)26-29(22)24/h2*7-15H2,1-6H3/t2*19-,20-,21+,22?,23?,24?/m10/s1. The first-order valence-corrected chi connectivity index (χ1v) is 24.5. The van der Waals surface area contributed by atoms with Crippen molar-refractivity contribution in [3.8, 4) is 0 Å². The first-order chi connectivity index (χ1) is 28.3. The smallest absolute Gasteiger partial charge is 0.161 e. The van der Waals surface area contributed by atoms with Gasteiger partial charge in [-0.05, 0) is 157 Å². The first kappa shape index (κ1) is 37.4. The van der Waals surface area contributed by atoms with Crippen LogP contribution in [0.5, 0.6) is 0 Å². The Hall–Kier alpha value is -3.18. The monoisotopic (exact) mass is 817 g/mol. The van der Waals surface area contributed by atoms with Crippen molar-refractivity contribution in [3.05, 3.63) is 0 Å². The van der Waals surface area contributed by atoms with Crippen LogP contribution in [-0.4, -0.2) is 98.3 Å². The Morgan fingerprint density at radius 3 is 0.517 bits per heavy atom. The Bertz CT molecular complexity index is 1840. The minimum absolute atomic E-state index is 0.0540. The molecule has 6 aliphatic carbocycles. The second kappa shape index (κ2) is 10.1. The van der Waals surface area contributed by atoms with Crippen molar-refractivity contribution in [1.82, 2.24) is 30.1 Å². The predicted molar refractivity (Wildman–Crippen MR) is 238 cm³/mol. The minimum Gasteiger partial charge on any atom is -0.242 e. The summed E-state index contributed by atoms with van der Waals surface area (Å²) in [7, 11) is 0. The average molecular weight is 817 g/mol. The molecule has 14 aliphatic rings. The fraction of sp³-hybridized carbons (Fsp3) is 0.875. The second-order valence-electron chi connectivity index (χ2n) is 24.0. The zero-order chi connectivity index (χ0) is 41.9. The van der Waals surface area contributed by atoms with Crippen molar-refractivity contribution in [3.63, 3.8) is 0 Å². The van der Waals surface area contributed by atoms with E-state index >= 15 is 0 Å². The van der Waals surface area contributed by atoms with Gasteiger partial charge in [0.2, 0.25) is 0 Å². The van der Waals surface area contributed by atoms with Crippen LogP contribution in [0, 0.1) is 32.5 Å². The maximum Gasteiger partial charge on any atom is 0.161 e. The number of hydrogen-bond acceptors (Lipinski definition) is 12. The van der Waals surface area contributed by atoms with Crippen LogP contribution in [0.15, 0.2) is 30.6 Å². The van der Waals surface area contributed by atoms with Gasteiger partial charge in [-0.3, -0.25) is 0 Å². The molecule has 0 amide bonds. The molecule has 8 aliphatic heterocycles. The van der Waals surface area contributed by atoms with Crippen LogP contribution in [-0.2, 0) is 0 Å². The molecule has 0 N–H and O–H groups in total. The molecule has 324 valence electrons. The third-order valence-corrected chi connectivity index (χ3v) is 23.0. The Kier molecular flexibility index (Phi) is 6.30. The summed E-state index contributed by atoms with van der Waals surface area (Å²) >= 11 is 0. The number of rotatable bonds is 0. The van der Waals surface area contributed by atoms with E-state index < -0.39 is 0 Å². The van der Waals surface area contributed by atoms with Gasteiger partial charge in [-0.1, -0.05) is 41.5 Å². The van der Waals surface area contributed by atoms with Crippen LogP contribution < -0.4 is 0 Å². The summed E-state index contributed by atoms with van der Waals surface area (Å²) in [5, 5.41) is 48.3. The molecule has 8 heterocycles.